The molecule has 15 heteroatoms. The molecule has 8 aromatic carbocycles. The van der Waals surface area contributed by atoms with E-state index >= 15 is 0 Å². The van der Waals surface area contributed by atoms with Crippen molar-refractivity contribution in [2.75, 3.05) is 47.8 Å². The van der Waals surface area contributed by atoms with Crippen LogP contribution in [0.3, 0.4) is 0 Å². The van der Waals surface area contributed by atoms with Gasteiger partial charge in [-0.3, -0.25) is 0 Å². The minimum atomic E-state index is -0.121. The fraction of sp³-hybridized carbons (Fsp3) is 0.473. The SMILES string of the molecule is CCC1(CC)CCc2c(ccc3c2OCC(c2ccc(OC)cc2O)C3)O1.CCCC1(CCC)CCc2c(ccc3c2OCC(c2ccc(OC)cc2O)C3)O1.COc1cc(C)c(C2COc3c(ccc4c3CCC(C)(C)O4)C2)c(O)c1.Cc1ccc(O)c(C2COc3c(ccc4c3CCC(C)(C)O4)C2)c1. The molecule has 8 aliphatic rings. The molecular weight excluding hydrogens is 1330 g/mol. The summed E-state index contributed by atoms with van der Waals surface area (Å²) in [6, 6.07) is 37.3. The maximum Gasteiger partial charge on any atom is 0.129 e. The number of ether oxygens (including phenoxy) is 11. The first kappa shape index (κ1) is 75.0. The van der Waals surface area contributed by atoms with Crippen LogP contribution in [0.4, 0.5) is 0 Å². The van der Waals surface area contributed by atoms with Crippen molar-refractivity contribution >= 4 is 0 Å². The highest BCUT2D eigenvalue weighted by atomic mass is 16.5. The van der Waals surface area contributed by atoms with Gasteiger partial charge >= 0.3 is 0 Å². The van der Waals surface area contributed by atoms with Gasteiger partial charge in [0.05, 0.1) is 47.8 Å². The minimum absolute atomic E-state index is 0.0170. The zero-order valence-corrected chi connectivity index (χ0v) is 64.6. The lowest BCUT2D eigenvalue weighted by molar-refractivity contribution is 0.0264. The highest BCUT2D eigenvalue weighted by Crippen LogP contribution is 2.52. The normalized spacial score (nSPS) is 20.2. The van der Waals surface area contributed by atoms with Gasteiger partial charge in [-0.25, -0.2) is 0 Å². The van der Waals surface area contributed by atoms with Crippen molar-refractivity contribution in [2.24, 2.45) is 0 Å². The van der Waals surface area contributed by atoms with Crippen LogP contribution < -0.4 is 52.1 Å². The number of fused-ring (bicyclic) bond motifs is 12. The van der Waals surface area contributed by atoms with Crippen molar-refractivity contribution < 1.29 is 72.5 Å². The molecule has 0 aliphatic carbocycles. The van der Waals surface area contributed by atoms with Crippen molar-refractivity contribution in [1.29, 1.82) is 0 Å². The molecule has 16 rings (SSSR count). The summed E-state index contributed by atoms with van der Waals surface area (Å²) >= 11 is 0. The van der Waals surface area contributed by atoms with E-state index in [1.807, 2.05) is 43.3 Å². The molecule has 0 aromatic heterocycles. The van der Waals surface area contributed by atoms with Crippen LogP contribution in [0.5, 0.6) is 86.2 Å². The molecule has 0 radical (unpaired) electrons. The van der Waals surface area contributed by atoms with E-state index < -0.39 is 0 Å². The van der Waals surface area contributed by atoms with E-state index in [4.69, 9.17) is 52.1 Å². The molecule has 4 unspecified atom stereocenters. The van der Waals surface area contributed by atoms with Gasteiger partial charge in [-0.05, 0) is 221 Å². The Morgan fingerprint density at radius 3 is 1.16 bits per heavy atom. The van der Waals surface area contributed by atoms with Crippen LogP contribution >= 0.6 is 0 Å². The van der Waals surface area contributed by atoms with Gasteiger partial charge < -0.3 is 72.5 Å². The quantitative estimate of drug-likeness (QED) is 0.0855. The van der Waals surface area contributed by atoms with E-state index in [9.17, 15) is 20.4 Å². The third kappa shape index (κ3) is 15.8. The van der Waals surface area contributed by atoms with Crippen molar-refractivity contribution in [1.82, 2.24) is 0 Å². The summed E-state index contributed by atoms with van der Waals surface area (Å²) in [7, 11) is 4.82. The van der Waals surface area contributed by atoms with Gasteiger partial charge in [-0.2, -0.15) is 0 Å². The van der Waals surface area contributed by atoms with Crippen LogP contribution in [0.2, 0.25) is 0 Å². The highest BCUT2D eigenvalue weighted by molar-refractivity contribution is 5.59. The molecular formula is C91H110O15. The van der Waals surface area contributed by atoms with Crippen LogP contribution in [-0.4, -0.2) is 90.6 Å². The van der Waals surface area contributed by atoms with Crippen LogP contribution in [0.15, 0.2) is 115 Å². The van der Waals surface area contributed by atoms with Crippen molar-refractivity contribution in [2.45, 2.75) is 231 Å². The molecule has 0 spiro atoms. The van der Waals surface area contributed by atoms with E-state index in [1.165, 1.54) is 44.5 Å². The number of benzene rings is 8. The van der Waals surface area contributed by atoms with Crippen molar-refractivity contribution in [3.63, 3.8) is 0 Å². The zero-order valence-electron chi connectivity index (χ0n) is 64.6. The Kier molecular flexibility index (Phi) is 22.1. The molecule has 8 aliphatic heterocycles. The molecule has 4 N–H and O–H groups in total. The average molecular weight is 1440 g/mol. The molecule has 0 amide bonds. The Balaban J connectivity index is 0.000000125. The van der Waals surface area contributed by atoms with Crippen molar-refractivity contribution in [3.05, 3.63) is 193 Å². The number of aromatic hydroxyl groups is 4. The van der Waals surface area contributed by atoms with Crippen LogP contribution in [0.25, 0.3) is 0 Å². The summed E-state index contributed by atoms with van der Waals surface area (Å²) in [5.74, 6) is 11.7. The van der Waals surface area contributed by atoms with E-state index in [2.05, 4.69) is 117 Å². The van der Waals surface area contributed by atoms with Crippen LogP contribution in [0, 0.1) is 13.8 Å². The van der Waals surface area contributed by atoms with Gasteiger partial charge in [-0.15, -0.1) is 0 Å². The van der Waals surface area contributed by atoms with E-state index in [0.29, 0.717) is 49.4 Å². The van der Waals surface area contributed by atoms with E-state index in [-0.39, 0.29) is 63.3 Å². The largest absolute Gasteiger partial charge is 0.508 e. The lowest BCUT2D eigenvalue weighted by Gasteiger charge is -2.40. The first-order chi connectivity index (χ1) is 51.0. The van der Waals surface area contributed by atoms with Gasteiger partial charge in [0, 0.05) is 86.4 Å². The van der Waals surface area contributed by atoms with E-state index in [0.717, 1.165) is 195 Å². The topological polar surface area (TPSA) is 182 Å². The monoisotopic (exact) mass is 1440 g/mol. The molecule has 8 aromatic rings. The van der Waals surface area contributed by atoms with Gasteiger partial charge in [0.25, 0.3) is 0 Å². The third-order valence-corrected chi connectivity index (χ3v) is 23.5. The highest BCUT2D eigenvalue weighted by Gasteiger charge is 2.41. The second-order valence-electron chi connectivity index (χ2n) is 31.8. The molecule has 0 saturated carbocycles. The smallest absolute Gasteiger partial charge is 0.129 e. The maximum absolute atomic E-state index is 10.5. The van der Waals surface area contributed by atoms with Gasteiger partial charge in [0.15, 0.2) is 0 Å². The summed E-state index contributed by atoms with van der Waals surface area (Å²) in [5, 5.41) is 41.5. The summed E-state index contributed by atoms with van der Waals surface area (Å²) in [4.78, 5) is 0. The Morgan fingerprint density at radius 1 is 0.377 bits per heavy atom. The maximum atomic E-state index is 10.5. The van der Waals surface area contributed by atoms with Gasteiger partial charge in [0.1, 0.15) is 109 Å². The average Bonchev–Trinajstić information content (AvgIpc) is 0.773. The molecule has 15 nitrogen and oxygen atoms in total. The second kappa shape index (κ2) is 31.3. The number of hydrogen-bond acceptors (Lipinski definition) is 15. The van der Waals surface area contributed by atoms with Crippen LogP contribution in [-0.2, 0) is 51.4 Å². The molecule has 0 saturated heterocycles. The number of phenolic OH excluding ortho intramolecular Hbond substituents is 4. The second-order valence-corrected chi connectivity index (χ2v) is 31.8. The lowest BCUT2D eigenvalue weighted by atomic mass is 9.82. The first-order valence-corrected chi connectivity index (χ1v) is 38.8. The lowest BCUT2D eigenvalue weighted by Crippen LogP contribution is -2.39. The fourth-order valence-electron chi connectivity index (χ4n) is 17.5. The Labute approximate surface area is 627 Å². The Hall–Kier alpha value is -9.24. The third-order valence-electron chi connectivity index (χ3n) is 23.5. The van der Waals surface area contributed by atoms with Gasteiger partial charge in [-0.1, -0.05) is 94.6 Å². The summed E-state index contributed by atoms with van der Waals surface area (Å²) in [6.07, 6.45) is 18.1. The Bertz CT molecular complexity index is 4460. The fourth-order valence-corrected chi connectivity index (χ4v) is 17.5. The summed E-state index contributed by atoms with van der Waals surface area (Å²) in [5.41, 5.74) is 15.3. The predicted molar refractivity (Wildman–Crippen MR) is 415 cm³/mol. The summed E-state index contributed by atoms with van der Waals surface area (Å²) in [6.45, 7) is 23.8. The minimum Gasteiger partial charge on any atom is -0.508 e. The number of rotatable bonds is 13. The number of methoxy groups -OCH3 is 3. The molecule has 0 bridgehead atoms. The first-order valence-electron chi connectivity index (χ1n) is 38.8. The zero-order chi connectivity index (χ0) is 74.8. The number of hydrogen-bond donors (Lipinski definition) is 4. The molecule has 106 heavy (non-hydrogen) atoms. The van der Waals surface area contributed by atoms with Gasteiger partial charge in [0.2, 0.25) is 0 Å². The number of phenols is 4. The molecule has 0 fully saturated rings. The van der Waals surface area contributed by atoms with Crippen molar-refractivity contribution in [3.8, 4) is 86.2 Å². The molecule has 4 atom stereocenters. The predicted octanol–water partition coefficient (Wildman–Crippen LogP) is 19.8. The standard InChI is InChI=1S/C25H32O4.C23H28O4.C22H26O4.C21H24O3/c1-4-11-25(12-5-2)13-10-21-23(29-25)9-6-17-14-18(16-28-24(17)21)20-8-7-19(27-3)15-22(20)26;1-4-23(5-2)11-10-19-21(27-23)9-6-15-12-16(14-26-22(15)19)18-8-7-17(25-3)13-20(18)24;1-13-9-16(24-4)11-18(23)20(13)15-10-14-5-6-19-17(21(14)25-12-15)7-8-22(2,3)26-19;1-13-4-6-18(22)17(10-13)15-11-14-5-7-19-16(20(14)23-12-15)8-9-21(2,3)24-19/h6-9,15,18,26H,4-5,10-14,16H2,1-3H3;6-9,13,16,24H,4-5,10-12,14H2,1-3H3;5-6,9,11,15,23H,7-8,10,12H2,1-4H3;4-7,10,15,22H,8-9,11-12H2,1-3H3. The van der Waals surface area contributed by atoms with Crippen LogP contribution in [0.1, 0.15) is 221 Å². The summed E-state index contributed by atoms with van der Waals surface area (Å²) < 4.78 is 65.7. The van der Waals surface area contributed by atoms with E-state index in [1.54, 1.807) is 45.6 Å². The molecule has 564 valence electrons. The number of aryl methyl sites for hydroxylation is 2. The Morgan fingerprint density at radius 2 is 0.755 bits per heavy atom. The molecule has 8 heterocycles.